The number of carbonyl (C=O) groups excluding carboxylic acids is 1. The maximum atomic E-state index is 12.6. The summed E-state index contributed by atoms with van der Waals surface area (Å²) < 4.78 is 34.1. The van der Waals surface area contributed by atoms with Gasteiger partial charge in [0.15, 0.2) is 0 Å². The van der Waals surface area contributed by atoms with E-state index in [-0.39, 0.29) is 51.5 Å². The number of para-hydroxylation sites is 1. The standard InChI is InChI=1S/C17H14N2O4S.Na/c1-12-15(11-13-7-5-6-10-16(13)24(21,22)23)17(20)19(18-12)14-8-3-2-4-9-14;/h2-11H,1H3,(H,21,22,23);/q;+1/p-1. The first kappa shape index (κ1) is 19.6. The van der Waals surface area contributed by atoms with E-state index in [1.165, 1.54) is 29.3 Å². The zero-order chi connectivity index (χ0) is 17.3. The van der Waals surface area contributed by atoms with Crippen LogP contribution in [0.5, 0.6) is 0 Å². The van der Waals surface area contributed by atoms with Gasteiger partial charge in [0.05, 0.1) is 21.9 Å². The average molecular weight is 364 g/mol. The van der Waals surface area contributed by atoms with Crippen molar-refractivity contribution >= 4 is 33.5 Å². The molecular formula is C17H13N2NaO4S. The molecule has 1 heterocycles. The van der Waals surface area contributed by atoms with Crippen molar-refractivity contribution in [2.45, 2.75) is 11.8 Å². The molecule has 1 aliphatic heterocycles. The third-order valence-corrected chi connectivity index (χ3v) is 4.46. The van der Waals surface area contributed by atoms with Gasteiger partial charge in [-0.3, -0.25) is 4.79 Å². The summed E-state index contributed by atoms with van der Waals surface area (Å²) in [5, 5.41) is 5.46. The predicted octanol–water partition coefficient (Wildman–Crippen LogP) is -0.599. The number of anilines is 1. The number of rotatable bonds is 3. The van der Waals surface area contributed by atoms with Crippen LogP contribution >= 0.6 is 0 Å². The molecular weight excluding hydrogens is 351 g/mol. The Kier molecular flexibility index (Phi) is 5.97. The summed E-state index contributed by atoms with van der Waals surface area (Å²) in [6, 6.07) is 14.6. The number of amides is 1. The molecule has 8 heteroatoms. The van der Waals surface area contributed by atoms with Gasteiger partial charge in [0.25, 0.3) is 5.91 Å². The number of benzene rings is 2. The van der Waals surface area contributed by atoms with Gasteiger partial charge in [0.1, 0.15) is 10.1 Å². The Hall–Kier alpha value is -1.77. The van der Waals surface area contributed by atoms with Crippen molar-refractivity contribution in [2.24, 2.45) is 5.10 Å². The van der Waals surface area contributed by atoms with Crippen molar-refractivity contribution in [3.63, 3.8) is 0 Å². The molecule has 0 spiro atoms. The van der Waals surface area contributed by atoms with E-state index in [0.29, 0.717) is 11.4 Å². The number of carbonyl (C=O) groups is 1. The molecule has 6 nitrogen and oxygen atoms in total. The van der Waals surface area contributed by atoms with Gasteiger partial charge >= 0.3 is 29.6 Å². The van der Waals surface area contributed by atoms with E-state index in [1.54, 1.807) is 37.3 Å². The van der Waals surface area contributed by atoms with Crippen LogP contribution in [0.3, 0.4) is 0 Å². The van der Waals surface area contributed by atoms with Crippen LogP contribution < -0.4 is 34.6 Å². The van der Waals surface area contributed by atoms with Crippen LogP contribution in [-0.2, 0) is 14.9 Å². The molecule has 2 aromatic rings. The second-order valence-electron chi connectivity index (χ2n) is 5.19. The van der Waals surface area contributed by atoms with Crippen LogP contribution in [-0.4, -0.2) is 24.6 Å². The van der Waals surface area contributed by atoms with Gasteiger partial charge in [-0.2, -0.15) is 10.1 Å². The molecule has 0 bridgehead atoms. The molecule has 122 valence electrons. The molecule has 0 radical (unpaired) electrons. The fourth-order valence-electron chi connectivity index (χ4n) is 2.41. The first-order valence-electron chi connectivity index (χ1n) is 7.09. The Balaban J connectivity index is 0.00000225. The second-order valence-corrected chi connectivity index (χ2v) is 6.54. The molecule has 0 saturated carbocycles. The van der Waals surface area contributed by atoms with E-state index in [9.17, 15) is 17.8 Å². The SMILES string of the molecule is CC1=NN(c2ccccc2)C(=O)C1=Cc1ccccc1S(=O)(=O)[O-].[Na+]. The quantitative estimate of drug-likeness (QED) is 0.413. The minimum atomic E-state index is -4.64. The van der Waals surface area contributed by atoms with Gasteiger partial charge in [-0.25, -0.2) is 8.42 Å². The minimum absolute atomic E-state index is 0. The monoisotopic (exact) mass is 364 g/mol. The van der Waals surface area contributed by atoms with Gasteiger partial charge < -0.3 is 4.55 Å². The van der Waals surface area contributed by atoms with E-state index < -0.39 is 10.1 Å². The molecule has 0 saturated heterocycles. The smallest absolute Gasteiger partial charge is 0.744 e. The minimum Gasteiger partial charge on any atom is -0.744 e. The first-order chi connectivity index (χ1) is 11.4. The number of hydrazone groups is 1. The Morgan fingerprint density at radius 1 is 1.04 bits per heavy atom. The molecule has 1 aliphatic rings. The zero-order valence-corrected chi connectivity index (χ0v) is 16.5. The number of hydrogen-bond acceptors (Lipinski definition) is 5. The average Bonchev–Trinajstić information content (AvgIpc) is 2.83. The molecule has 0 N–H and O–H groups in total. The van der Waals surface area contributed by atoms with E-state index in [2.05, 4.69) is 5.10 Å². The summed E-state index contributed by atoms with van der Waals surface area (Å²) in [5.74, 6) is -0.378. The summed E-state index contributed by atoms with van der Waals surface area (Å²) in [5.41, 5.74) is 1.46. The Morgan fingerprint density at radius 3 is 2.28 bits per heavy atom. The third-order valence-electron chi connectivity index (χ3n) is 3.55. The molecule has 25 heavy (non-hydrogen) atoms. The molecule has 0 unspecified atom stereocenters. The molecule has 1 amide bonds. The van der Waals surface area contributed by atoms with E-state index >= 15 is 0 Å². The summed E-state index contributed by atoms with van der Waals surface area (Å²) in [4.78, 5) is 12.2. The molecule has 0 aliphatic carbocycles. The Morgan fingerprint density at radius 2 is 1.64 bits per heavy atom. The van der Waals surface area contributed by atoms with Crippen molar-refractivity contribution < 1.29 is 47.3 Å². The normalized spacial score (nSPS) is 15.9. The van der Waals surface area contributed by atoms with E-state index in [4.69, 9.17) is 0 Å². The van der Waals surface area contributed by atoms with E-state index in [1.807, 2.05) is 6.07 Å². The first-order valence-corrected chi connectivity index (χ1v) is 8.50. The van der Waals surface area contributed by atoms with Crippen molar-refractivity contribution in [1.29, 1.82) is 0 Å². The molecule has 3 rings (SSSR count). The summed E-state index contributed by atoms with van der Waals surface area (Å²) >= 11 is 0. The maximum absolute atomic E-state index is 12.6. The van der Waals surface area contributed by atoms with Crippen LogP contribution in [0.1, 0.15) is 12.5 Å². The fraction of sp³-hybridized carbons (Fsp3) is 0.0588. The van der Waals surface area contributed by atoms with Gasteiger partial charge in [-0.05, 0) is 36.8 Å². The van der Waals surface area contributed by atoms with Gasteiger partial charge in [-0.15, -0.1) is 0 Å². The van der Waals surface area contributed by atoms with Gasteiger partial charge in [0.2, 0.25) is 0 Å². The van der Waals surface area contributed by atoms with Crippen molar-refractivity contribution in [2.75, 3.05) is 5.01 Å². The molecule has 0 aromatic heterocycles. The number of nitrogens with zero attached hydrogens (tertiary/aromatic N) is 2. The molecule has 0 atom stereocenters. The summed E-state index contributed by atoms with van der Waals surface area (Å²) in [6.07, 6.45) is 1.38. The van der Waals surface area contributed by atoms with Gasteiger partial charge in [0, 0.05) is 0 Å². The van der Waals surface area contributed by atoms with Crippen LogP contribution in [0.4, 0.5) is 5.69 Å². The summed E-state index contributed by atoms with van der Waals surface area (Å²) in [7, 11) is -4.64. The van der Waals surface area contributed by atoms with Crippen LogP contribution in [0.15, 0.2) is 70.2 Å². The Bertz CT molecular complexity index is 969. The van der Waals surface area contributed by atoms with Crippen LogP contribution in [0.25, 0.3) is 6.08 Å². The number of hydrogen-bond donors (Lipinski definition) is 0. The predicted molar refractivity (Wildman–Crippen MR) is 89.4 cm³/mol. The van der Waals surface area contributed by atoms with Crippen LogP contribution in [0, 0.1) is 0 Å². The van der Waals surface area contributed by atoms with E-state index in [0.717, 1.165) is 0 Å². The largest absolute Gasteiger partial charge is 1.00 e. The second kappa shape index (κ2) is 7.63. The zero-order valence-electron chi connectivity index (χ0n) is 13.7. The van der Waals surface area contributed by atoms with Crippen molar-refractivity contribution in [3.05, 3.63) is 65.7 Å². The fourth-order valence-corrected chi connectivity index (χ4v) is 3.07. The maximum Gasteiger partial charge on any atom is 1.00 e. The molecule has 2 aromatic carbocycles. The Labute approximate surface area is 167 Å². The topological polar surface area (TPSA) is 89.9 Å². The molecule has 0 fully saturated rings. The summed E-state index contributed by atoms with van der Waals surface area (Å²) in [6.45, 7) is 1.65. The van der Waals surface area contributed by atoms with Gasteiger partial charge in [-0.1, -0.05) is 36.4 Å². The van der Waals surface area contributed by atoms with Crippen molar-refractivity contribution in [3.8, 4) is 0 Å². The third kappa shape index (κ3) is 4.08. The van der Waals surface area contributed by atoms with Crippen LogP contribution in [0.2, 0.25) is 0 Å². The van der Waals surface area contributed by atoms with Crippen molar-refractivity contribution in [1.82, 2.24) is 0 Å².